The van der Waals surface area contributed by atoms with Crippen molar-refractivity contribution in [3.8, 4) is 5.75 Å². The number of nitrogens with zero attached hydrogens (tertiary/aromatic N) is 2. The summed E-state index contributed by atoms with van der Waals surface area (Å²) in [5.74, 6) is 0.673. The van der Waals surface area contributed by atoms with Gasteiger partial charge in [-0.25, -0.2) is 4.79 Å². The molecule has 3 amide bonds. The first-order valence-electron chi connectivity index (χ1n) is 10.1. The molecule has 1 saturated heterocycles. The van der Waals surface area contributed by atoms with E-state index >= 15 is 0 Å². The lowest BCUT2D eigenvalue weighted by atomic mass is 10.0. The van der Waals surface area contributed by atoms with Crippen LogP contribution in [0.15, 0.2) is 36.4 Å². The van der Waals surface area contributed by atoms with Crippen LogP contribution < -0.4 is 15.4 Å². The van der Waals surface area contributed by atoms with Gasteiger partial charge in [-0.15, -0.1) is 0 Å². The minimum absolute atomic E-state index is 0.0385. The number of likely N-dealkylation sites (N-methyl/N-ethyl adjacent to an activating group) is 1. The Hall–Kier alpha value is -2.62. The highest BCUT2D eigenvalue weighted by atomic mass is 16.5. The van der Waals surface area contributed by atoms with Gasteiger partial charge in [0, 0.05) is 37.9 Å². The maximum Gasteiger partial charge on any atom is 0.319 e. The van der Waals surface area contributed by atoms with Gasteiger partial charge in [0.2, 0.25) is 5.91 Å². The summed E-state index contributed by atoms with van der Waals surface area (Å²) < 4.78 is 11.0. The molecule has 0 bridgehead atoms. The van der Waals surface area contributed by atoms with Gasteiger partial charge < -0.3 is 35.0 Å². The molecule has 30 heavy (non-hydrogen) atoms. The van der Waals surface area contributed by atoms with Gasteiger partial charge in [0.25, 0.3) is 0 Å². The molecular weight excluding hydrogens is 388 g/mol. The predicted molar refractivity (Wildman–Crippen MR) is 113 cm³/mol. The summed E-state index contributed by atoms with van der Waals surface area (Å²) in [6.07, 6.45) is 2.72. The number of nitrogens with one attached hydrogen (secondary N) is 2. The number of rotatable bonds is 6. The lowest BCUT2D eigenvalue weighted by molar-refractivity contribution is -0.137. The molecule has 0 unspecified atom stereocenters. The molecule has 0 aromatic heterocycles. The number of piperazine rings is 1. The Kier molecular flexibility index (Phi) is 7.67. The predicted octanol–water partition coefficient (Wildman–Crippen LogP) is 0.665. The minimum Gasteiger partial charge on any atom is -0.497 e. The second-order valence-electron chi connectivity index (χ2n) is 7.52. The highest BCUT2D eigenvalue weighted by Crippen LogP contribution is 2.19. The number of aliphatic hydroxyl groups is 1. The van der Waals surface area contributed by atoms with E-state index < -0.39 is 24.3 Å². The summed E-state index contributed by atoms with van der Waals surface area (Å²) in [5, 5.41) is 15.2. The number of carbonyl (C=O) groups is 2. The maximum absolute atomic E-state index is 12.5. The Morgan fingerprint density at radius 2 is 2.00 bits per heavy atom. The molecule has 1 aromatic rings. The molecule has 2 heterocycles. The number of hydrogen-bond acceptors (Lipinski definition) is 6. The fourth-order valence-electron chi connectivity index (χ4n) is 3.51. The van der Waals surface area contributed by atoms with Crippen molar-refractivity contribution in [2.45, 2.75) is 24.7 Å². The van der Waals surface area contributed by atoms with E-state index in [0.29, 0.717) is 24.5 Å². The molecule has 1 aromatic carbocycles. The first-order valence-corrected chi connectivity index (χ1v) is 10.1. The number of benzene rings is 1. The second kappa shape index (κ2) is 10.4. The van der Waals surface area contributed by atoms with E-state index in [0.717, 1.165) is 13.1 Å². The third kappa shape index (κ3) is 5.94. The maximum atomic E-state index is 12.5. The molecule has 164 valence electrons. The zero-order valence-electron chi connectivity index (χ0n) is 17.4. The van der Waals surface area contributed by atoms with Crippen LogP contribution >= 0.6 is 0 Å². The Morgan fingerprint density at radius 3 is 2.70 bits per heavy atom. The molecule has 1 fully saturated rings. The minimum atomic E-state index is -0.628. The SMILES string of the molecule is COc1cccc(NC(=O)N[C@@H]2C=C[C@@H](CC(=O)N3CCN(C)CC3)O[C@H]2CO)c1. The van der Waals surface area contributed by atoms with Crippen LogP contribution in [0.3, 0.4) is 0 Å². The van der Waals surface area contributed by atoms with Crippen LogP contribution in [0.5, 0.6) is 5.75 Å². The summed E-state index contributed by atoms with van der Waals surface area (Å²) in [6, 6.07) is 6.08. The fraction of sp³-hybridized carbons (Fsp3) is 0.524. The van der Waals surface area contributed by atoms with Gasteiger partial charge in [0.05, 0.1) is 32.3 Å². The largest absolute Gasteiger partial charge is 0.497 e. The monoisotopic (exact) mass is 418 g/mol. The third-order valence-corrected chi connectivity index (χ3v) is 5.32. The average Bonchev–Trinajstić information content (AvgIpc) is 2.75. The van der Waals surface area contributed by atoms with Crippen LogP contribution in [-0.2, 0) is 9.53 Å². The number of ether oxygens (including phenoxy) is 2. The van der Waals surface area contributed by atoms with E-state index in [4.69, 9.17) is 9.47 Å². The van der Waals surface area contributed by atoms with Gasteiger partial charge in [0.15, 0.2) is 0 Å². The number of hydrogen-bond donors (Lipinski definition) is 3. The van der Waals surface area contributed by atoms with E-state index in [-0.39, 0.29) is 18.9 Å². The topological polar surface area (TPSA) is 103 Å². The van der Waals surface area contributed by atoms with Gasteiger partial charge in [-0.3, -0.25) is 4.79 Å². The lowest BCUT2D eigenvalue weighted by Gasteiger charge is -2.35. The number of aliphatic hydroxyl groups excluding tert-OH is 1. The summed E-state index contributed by atoms with van der Waals surface area (Å²) in [5.41, 5.74) is 0.587. The van der Waals surface area contributed by atoms with Crippen molar-refractivity contribution in [2.75, 3.05) is 52.3 Å². The van der Waals surface area contributed by atoms with Crippen LogP contribution in [0.2, 0.25) is 0 Å². The molecule has 2 aliphatic heterocycles. The van der Waals surface area contributed by atoms with Crippen LogP contribution in [0.25, 0.3) is 0 Å². The zero-order chi connectivity index (χ0) is 21.5. The number of carbonyl (C=O) groups excluding carboxylic acids is 2. The highest BCUT2D eigenvalue weighted by molar-refractivity contribution is 5.89. The van der Waals surface area contributed by atoms with Crippen molar-refractivity contribution < 1.29 is 24.2 Å². The average molecular weight is 418 g/mol. The Balaban J connectivity index is 1.52. The van der Waals surface area contributed by atoms with E-state index in [1.807, 2.05) is 11.9 Å². The Labute approximate surface area is 176 Å². The molecule has 3 N–H and O–H groups in total. The Morgan fingerprint density at radius 1 is 1.23 bits per heavy atom. The van der Waals surface area contributed by atoms with Crippen molar-refractivity contribution in [1.82, 2.24) is 15.1 Å². The van der Waals surface area contributed by atoms with Crippen molar-refractivity contribution in [3.05, 3.63) is 36.4 Å². The van der Waals surface area contributed by atoms with Crippen LogP contribution in [0.1, 0.15) is 6.42 Å². The normalized spacial score (nSPS) is 24.4. The van der Waals surface area contributed by atoms with Crippen molar-refractivity contribution >= 4 is 17.6 Å². The summed E-state index contributed by atoms with van der Waals surface area (Å²) in [7, 11) is 3.60. The molecule has 0 saturated carbocycles. The first-order chi connectivity index (χ1) is 14.5. The summed E-state index contributed by atoms with van der Waals surface area (Å²) >= 11 is 0. The third-order valence-electron chi connectivity index (χ3n) is 5.32. The fourth-order valence-corrected chi connectivity index (χ4v) is 3.51. The van der Waals surface area contributed by atoms with Crippen LogP contribution in [0.4, 0.5) is 10.5 Å². The molecule has 0 aliphatic carbocycles. The quantitative estimate of drug-likeness (QED) is 0.587. The van der Waals surface area contributed by atoms with Crippen molar-refractivity contribution in [1.29, 1.82) is 0 Å². The van der Waals surface area contributed by atoms with Crippen molar-refractivity contribution in [3.63, 3.8) is 0 Å². The lowest BCUT2D eigenvalue weighted by Crippen LogP contribution is -2.51. The molecule has 9 nitrogen and oxygen atoms in total. The van der Waals surface area contributed by atoms with Gasteiger partial charge in [-0.1, -0.05) is 18.2 Å². The Bertz CT molecular complexity index is 764. The van der Waals surface area contributed by atoms with E-state index in [9.17, 15) is 14.7 Å². The smallest absolute Gasteiger partial charge is 0.319 e. The standard InChI is InChI=1S/C21H30N4O5/c1-24-8-10-25(11-9-24)20(27)13-17-6-7-18(19(14-26)30-17)23-21(28)22-15-4-3-5-16(12-15)29-2/h3-7,12,17-19,26H,8-11,13-14H2,1-2H3,(H2,22,23,28)/t17-,18+,19-/m0/s1. The van der Waals surface area contributed by atoms with E-state index in [2.05, 4.69) is 15.5 Å². The molecule has 9 heteroatoms. The molecule has 2 aliphatic rings. The van der Waals surface area contributed by atoms with Crippen LogP contribution in [0, 0.1) is 0 Å². The second-order valence-corrected chi connectivity index (χ2v) is 7.52. The van der Waals surface area contributed by atoms with Gasteiger partial charge >= 0.3 is 6.03 Å². The van der Waals surface area contributed by atoms with Gasteiger partial charge in [0.1, 0.15) is 11.9 Å². The number of methoxy groups -OCH3 is 1. The number of anilines is 1. The molecule has 0 spiro atoms. The van der Waals surface area contributed by atoms with E-state index in [1.54, 1.807) is 43.5 Å². The number of urea groups is 1. The van der Waals surface area contributed by atoms with Crippen LogP contribution in [-0.4, -0.2) is 92.0 Å². The molecule has 0 radical (unpaired) electrons. The molecule has 3 rings (SSSR count). The van der Waals surface area contributed by atoms with Gasteiger partial charge in [-0.2, -0.15) is 0 Å². The molecular formula is C21H30N4O5. The summed E-state index contributed by atoms with van der Waals surface area (Å²) in [4.78, 5) is 28.9. The number of amides is 3. The molecule has 3 atom stereocenters. The highest BCUT2D eigenvalue weighted by Gasteiger charge is 2.30. The summed E-state index contributed by atoms with van der Waals surface area (Å²) in [6.45, 7) is 2.88. The van der Waals surface area contributed by atoms with Crippen molar-refractivity contribution in [2.24, 2.45) is 0 Å². The van der Waals surface area contributed by atoms with Gasteiger partial charge in [-0.05, 0) is 19.2 Å². The zero-order valence-corrected chi connectivity index (χ0v) is 17.4. The van der Waals surface area contributed by atoms with E-state index in [1.165, 1.54) is 0 Å². The first kappa shape index (κ1) is 22.1.